The number of hydrogen-bond acceptors (Lipinski definition) is 7. The number of hydrogen-bond donors (Lipinski definition) is 2. The summed E-state index contributed by atoms with van der Waals surface area (Å²) in [6, 6.07) is 7.30. The van der Waals surface area contributed by atoms with Gasteiger partial charge in [0, 0.05) is 43.1 Å². The van der Waals surface area contributed by atoms with E-state index in [2.05, 4.69) is 37.0 Å². The van der Waals surface area contributed by atoms with Crippen LogP contribution in [0.2, 0.25) is 0 Å². The minimum Gasteiger partial charge on any atom is -0.352 e. The number of urea groups is 1. The molecule has 28 heavy (non-hydrogen) atoms. The zero-order chi connectivity index (χ0) is 19.5. The van der Waals surface area contributed by atoms with Gasteiger partial charge in [-0.25, -0.2) is 9.78 Å². The van der Waals surface area contributed by atoms with Gasteiger partial charge in [-0.2, -0.15) is 4.37 Å². The van der Waals surface area contributed by atoms with E-state index in [0.717, 1.165) is 15.9 Å². The number of carbonyl (C=O) groups is 2. The third kappa shape index (κ3) is 3.92. The average Bonchev–Trinajstić information content (AvgIpc) is 3.37. The standard InChI is InChI=1S/C18H20N6O2S2/c1-12(16(25)21-17-19-6-11-27-17)20-18(26)24-9-7-23(8-10-24)15-13-4-2-3-5-14(13)28-22-15/h2-6,11-12H,7-10H2,1H3,(H,20,26)(H,19,21,25). The molecule has 8 nitrogen and oxygen atoms in total. The quantitative estimate of drug-likeness (QED) is 0.682. The first-order valence-electron chi connectivity index (χ1n) is 8.97. The van der Waals surface area contributed by atoms with Gasteiger partial charge in [0.25, 0.3) is 0 Å². The van der Waals surface area contributed by atoms with Gasteiger partial charge in [0.05, 0.1) is 4.70 Å². The van der Waals surface area contributed by atoms with Crippen molar-refractivity contribution in [3.05, 3.63) is 35.8 Å². The number of piperazine rings is 1. The Bertz CT molecular complexity index is 966. The van der Waals surface area contributed by atoms with Gasteiger partial charge in [-0.05, 0) is 30.6 Å². The summed E-state index contributed by atoms with van der Waals surface area (Å²) in [4.78, 5) is 32.6. The van der Waals surface area contributed by atoms with E-state index in [0.29, 0.717) is 31.3 Å². The molecule has 3 aromatic rings. The van der Waals surface area contributed by atoms with E-state index < -0.39 is 6.04 Å². The zero-order valence-electron chi connectivity index (χ0n) is 15.3. The molecule has 1 saturated heterocycles. The van der Waals surface area contributed by atoms with E-state index in [-0.39, 0.29) is 11.9 Å². The van der Waals surface area contributed by atoms with Crippen LogP contribution in [0.4, 0.5) is 15.7 Å². The van der Waals surface area contributed by atoms with Crippen molar-refractivity contribution in [1.82, 2.24) is 19.6 Å². The number of anilines is 2. The molecule has 3 heterocycles. The van der Waals surface area contributed by atoms with Crippen molar-refractivity contribution >= 4 is 55.8 Å². The minimum absolute atomic E-state index is 0.232. The number of rotatable bonds is 4. The van der Waals surface area contributed by atoms with Crippen LogP contribution >= 0.6 is 22.9 Å². The molecule has 1 unspecified atom stereocenters. The van der Waals surface area contributed by atoms with E-state index in [1.165, 1.54) is 22.9 Å². The van der Waals surface area contributed by atoms with Gasteiger partial charge < -0.3 is 20.4 Å². The van der Waals surface area contributed by atoms with Gasteiger partial charge in [-0.3, -0.25) is 4.79 Å². The van der Waals surface area contributed by atoms with Crippen LogP contribution in [0.15, 0.2) is 35.8 Å². The lowest BCUT2D eigenvalue weighted by Gasteiger charge is -2.35. The molecule has 1 aliphatic rings. The molecule has 2 N–H and O–H groups in total. The SMILES string of the molecule is CC(NC(=O)N1CCN(c2nsc3ccccc23)CC1)C(=O)Nc1nccs1. The maximum Gasteiger partial charge on any atom is 0.318 e. The molecule has 1 aromatic carbocycles. The number of benzene rings is 1. The van der Waals surface area contributed by atoms with Crippen LogP contribution < -0.4 is 15.5 Å². The van der Waals surface area contributed by atoms with Gasteiger partial charge in [-0.15, -0.1) is 11.3 Å². The van der Waals surface area contributed by atoms with E-state index in [1.807, 2.05) is 12.1 Å². The number of fused-ring (bicyclic) bond motifs is 1. The molecule has 3 amide bonds. The largest absolute Gasteiger partial charge is 0.352 e. The van der Waals surface area contributed by atoms with Gasteiger partial charge in [-0.1, -0.05) is 12.1 Å². The fraction of sp³-hybridized carbons (Fsp3) is 0.333. The predicted molar refractivity (Wildman–Crippen MR) is 112 cm³/mol. The Morgan fingerprint density at radius 3 is 2.71 bits per heavy atom. The molecule has 146 valence electrons. The van der Waals surface area contributed by atoms with Crippen molar-refractivity contribution in [2.45, 2.75) is 13.0 Å². The number of amides is 3. The van der Waals surface area contributed by atoms with Crippen LogP contribution in [-0.2, 0) is 4.79 Å². The van der Waals surface area contributed by atoms with Gasteiger partial charge in [0.15, 0.2) is 5.13 Å². The fourth-order valence-corrected chi connectivity index (χ4v) is 4.39. The molecule has 4 rings (SSSR count). The van der Waals surface area contributed by atoms with Crippen LogP contribution in [0.1, 0.15) is 6.92 Å². The highest BCUT2D eigenvalue weighted by molar-refractivity contribution is 7.14. The van der Waals surface area contributed by atoms with E-state index in [1.54, 1.807) is 23.4 Å². The lowest BCUT2D eigenvalue weighted by Crippen LogP contribution is -2.54. The van der Waals surface area contributed by atoms with Crippen molar-refractivity contribution in [1.29, 1.82) is 0 Å². The van der Waals surface area contributed by atoms with Crippen molar-refractivity contribution in [3.63, 3.8) is 0 Å². The zero-order valence-corrected chi connectivity index (χ0v) is 16.9. The van der Waals surface area contributed by atoms with Gasteiger partial charge in [0.1, 0.15) is 11.9 Å². The maximum atomic E-state index is 12.5. The van der Waals surface area contributed by atoms with Crippen LogP contribution in [0.25, 0.3) is 10.1 Å². The Kier molecular flexibility index (Phi) is 5.40. The summed E-state index contributed by atoms with van der Waals surface area (Å²) in [6.45, 7) is 4.25. The normalized spacial score (nSPS) is 15.5. The smallest absolute Gasteiger partial charge is 0.318 e. The van der Waals surface area contributed by atoms with Crippen LogP contribution in [-0.4, -0.2) is 58.4 Å². The summed E-state index contributed by atoms with van der Waals surface area (Å²) in [5, 5.41) is 8.91. The molecule has 0 saturated carbocycles. The lowest BCUT2D eigenvalue weighted by atomic mass is 10.2. The van der Waals surface area contributed by atoms with Crippen molar-refractivity contribution in [2.24, 2.45) is 0 Å². The van der Waals surface area contributed by atoms with Crippen LogP contribution in [0.3, 0.4) is 0 Å². The molecule has 0 aliphatic carbocycles. The Hall–Kier alpha value is -2.72. The molecule has 1 aliphatic heterocycles. The minimum atomic E-state index is -0.642. The number of nitrogens with zero attached hydrogens (tertiary/aromatic N) is 4. The highest BCUT2D eigenvalue weighted by Crippen LogP contribution is 2.29. The highest BCUT2D eigenvalue weighted by Gasteiger charge is 2.25. The summed E-state index contributed by atoms with van der Waals surface area (Å²) >= 11 is 2.83. The third-order valence-electron chi connectivity index (χ3n) is 4.62. The van der Waals surface area contributed by atoms with Crippen molar-refractivity contribution in [3.8, 4) is 0 Å². The first kappa shape index (κ1) is 18.6. The molecule has 0 bridgehead atoms. The first-order valence-corrected chi connectivity index (χ1v) is 10.6. The Morgan fingerprint density at radius 1 is 1.18 bits per heavy atom. The van der Waals surface area contributed by atoms with Crippen molar-refractivity contribution < 1.29 is 9.59 Å². The summed E-state index contributed by atoms with van der Waals surface area (Å²) < 4.78 is 5.75. The number of thiazole rings is 1. The molecule has 0 spiro atoms. The topological polar surface area (TPSA) is 90.5 Å². The molecule has 1 fully saturated rings. The Morgan fingerprint density at radius 2 is 1.96 bits per heavy atom. The average molecular weight is 417 g/mol. The van der Waals surface area contributed by atoms with E-state index in [4.69, 9.17) is 0 Å². The van der Waals surface area contributed by atoms with Crippen molar-refractivity contribution in [2.75, 3.05) is 36.4 Å². The molecular weight excluding hydrogens is 396 g/mol. The van der Waals surface area contributed by atoms with E-state index >= 15 is 0 Å². The van der Waals surface area contributed by atoms with Gasteiger partial charge >= 0.3 is 6.03 Å². The fourth-order valence-electron chi connectivity index (χ4n) is 3.06. The number of aromatic nitrogens is 2. The first-order chi connectivity index (χ1) is 13.6. The van der Waals surface area contributed by atoms with Crippen LogP contribution in [0, 0.1) is 0 Å². The Labute approximate surface area is 170 Å². The predicted octanol–water partition coefficient (Wildman–Crippen LogP) is 2.61. The maximum absolute atomic E-state index is 12.5. The molecule has 2 aromatic heterocycles. The summed E-state index contributed by atoms with van der Waals surface area (Å²) in [6.07, 6.45) is 1.62. The second-order valence-electron chi connectivity index (χ2n) is 6.47. The third-order valence-corrected chi connectivity index (χ3v) is 6.13. The summed E-state index contributed by atoms with van der Waals surface area (Å²) in [5.41, 5.74) is 0. The summed E-state index contributed by atoms with van der Waals surface area (Å²) in [5.74, 6) is 0.702. The number of nitrogens with one attached hydrogen (secondary N) is 2. The molecule has 1 atom stereocenters. The molecule has 10 heteroatoms. The second-order valence-corrected chi connectivity index (χ2v) is 8.17. The number of carbonyl (C=O) groups excluding carboxylic acids is 2. The monoisotopic (exact) mass is 416 g/mol. The second kappa shape index (κ2) is 8.11. The lowest BCUT2D eigenvalue weighted by molar-refractivity contribution is -0.117. The highest BCUT2D eigenvalue weighted by atomic mass is 32.1. The van der Waals surface area contributed by atoms with Crippen LogP contribution in [0.5, 0.6) is 0 Å². The summed E-state index contributed by atoms with van der Waals surface area (Å²) in [7, 11) is 0. The molecular formula is C18H20N6O2S2. The Balaban J connectivity index is 1.30. The molecule has 0 radical (unpaired) electrons. The van der Waals surface area contributed by atoms with Gasteiger partial charge in [0.2, 0.25) is 5.91 Å². The van der Waals surface area contributed by atoms with E-state index in [9.17, 15) is 9.59 Å².